The molecule has 3 rings (SSSR count). The Morgan fingerprint density at radius 1 is 1.37 bits per heavy atom. The van der Waals surface area contributed by atoms with Crippen LogP contribution < -0.4 is 11.1 Å². The van der Waals surface area contributed by atoms with Crippen LogP contribution >= 0.6 is 0 Å². The van der Waals surface area contributed by atoms with Crippen molar-refractivity contribution in [1.29, 1.82) is 0 Å². The number of aliphatic hydroxyl groups excluding tert-OH is 1. The van der Waals surface area contributed by atoms with Gasteiger partial charge < -0.3 is 21.1 Å². The predicted molar refractivity (Wildman–Crippen MR) is 77.0 cm³/mol. The Bertz CT molecular complexity index is 566. The smallest absolute Gasteiger partial charge is 0.201 e. The van der Waals surface area contributed by atoms with Crippen LogP contribution in [0.25, 0.3) is 11.0 Å². The third kappa shape index (κ3) is 2.51. The molecule has 1 fully saturated rings. The third-order valence-corrected chi connectivity index (χ3v) is 3.97. The molecular weight excluding hydrogens is 240 g/mol. The molecule has 2 aromatic rings. The number of nitrogens with two attached hydrogens (primary N) is 1. The summed E-state index contributed by atoms with van der Waals surface area (Å²) in [6, 6.07) is 5.95. The molecule has 1 aromatic heterocycles. The second-order valence-electron chi connectivity index (χ2n) is 5.34. The van der Waals surface area contributed by atoms with Crippen molar-refractivity contribution in [3.63, 3.8) is 0 Å². The quantitative estimate of drug-likeness (QED) is 0.637. The van der Waals surface area contributed by atoms with Gasteiger partial charge in [-0.25, -0.2) is 4.98 Å². The lowest BCUT2D eigenvalue weighted by molar-refractivity contribution is 0.178. The highest BCUT2D eigenvalue weighted by Crippen LogP contribution is 2.27. The van der Waals surface area contributed by atoms with Gasteiger partial charge in [0.05, 0.1) is 11.0 Å². The molecule has 2 unspecified atom stereocenters. The van der Waals surface area contributed by atoms with E-state index in [9.17, 15) is 5.11 Å². The number of benzene rings is 1. The Labute approximate surface area is 112 Å². The monoisotopic (exact) mass is 260 g/mol. The van der Waals surface area contributed by atoms with Crippen LogP contribution in [0.1, 0.15) is 25.7 Å². The summed E-state index contributed by atoms with van der Waals surface area (Å²) in [5.74, 6) is 1.10. The van der Waals surface area contributed by atoms with Gasteiger partial charge in [0.15, 0.2) is 0 Å². The summed E-state index contributed by atoms with van der Waals surface area (Å²) < 4.78 is 0. The van der Waals surface area contributed by atoms with E-state index in [0.29, 0.717) is 12.0 Å². The van der Waals surface area contributed by atoms with Crippen molar-refractivity contribution in [2.75, 3.05) is 17.7 Å². The minimum absolute atomic E-state index is 0.241. The summed E-state index contributed by atoms with van der Waals surface area (Å²) in [5.41, 5.74) is 8.34. The van der Waals surface area contributed by atoms with Crippen molar-refractivity contribution in [2.24, 2.45) is 5.92 Å². The average Bonchev–Trinajstić information content (AvgIpc) is 2.80. The SMILES string of the molecule is Nc1ccc2nc(NC3CCCCC3CO)[nH]c2c1. The van der Waals surface area contributed by atoms with Crippen molar-refractivity contribution in [1.82, 2.24) is 9.97 Å². The molecule has 1 aliphatic carbocycles. The average molecular weight is 260 g/mol. The Hall–Kier alpha value is -1.75. The molecule has 1 aromatic carbocycles. The molecule has 1 heterocycles. The molecule has 5 heteroatoms. The van der Waals surface area contributed by atoms with Crippen LogP contribution in [0.5, 0.6) is 0 Å². The topological polar surface area (TPSA) is 87.0 Å². The third-order valence-electron chi connectivity index (χ3n) is 3.97. The molecule has 5 N–H and O–H groups in total. The molecule has 5 nitrogen and oxygen atoms in total. The van der Waals surface area contributed by atoms with Crippen LogP contribution in [-0.4, -0.2) is 27.7 Å². The maximum absolute atomic E-state index is 9.43. The molecule has 0 spiro atoms. The first kappa shape index (κ1) is 12.3. The molecule has 0 amide bonds. The number of fused-ring (bicyclic) bond motifs is 1. The number of aromatic nitrogens is 2. The Balaban J connectivity index is 1.80. The van der Waals surface area contributed by atoms with E-state index in [0.717, 1.165) is 35.5 Å². The van der Waals surface area contributed by atoms with E-state index in [1.165, 1.54) is 12.8 Å². The van der Waals surface area contributed by atoms with Gasteiger partial charge in [-0.2, -0.15) is 0 Å². The van der Waals surface area contributed by atoms with Crippen LogP contribution in [0.15, 0.2) is 18.2 Å². The minimum atomic E-state index is 0.241. The van der Waals surface area contributed by atoms with Crippen LogP contribution in [-0.2, 0) is 0 Å². The number of nitrogen functional groups attached to an aromatic ring is 1. The lowest BCUT2D eigenvalue weighted by Gasteiger charge is -2.30. The molecule has 1 aliphatic rings. The van der Waals surface area contributed by atoms with Gasteiger partial charge in [0, 0.05) is 24.3 Å². The maximum atomic E-state index is 9.43. The number of nitrogens with one attached hydrogen (secondary N) is 2. The van der Waals surface area contributed by atoms with Gasteiger partial charge in [0.1, 0.15) is 0 Å². The molecule has 2 atom stereocenters. The normalized spacial score (nSPS) is 23.6. The first-order chi connectivity index (χ1) is 9.26. The number of rotatable bonds is 3. The largest absolute Gasteiger partial charge is 0.399 e. The van der Waals surface area contributed by atoms with Gasteiger partial charge in [-0.3, -0.25) is 0 Å². The van der Waals surface area contributed by atoms with Gasteiger partial charge in [0.2, 0.25) is 5.95 Å². The summed E-state index contributed by atoms with van der Waals surface area (Å²) in [6.07, 6.45) is 4.59. The minimum Gasteiger partial charge on any atom is -0.399 e. The fourth-order valence-corrected chi connectivity index (χ4v) is 2.89. The van der Waals surface area contributed by atoms with Gasteiger partial charge in [-0.15, -0.1) is 0 Å². The number of imidazole rings is 1. The summed E-state index contributed by atoms with van der Waals surface area (Å²) in [6.45, 7) is 0.241. The summed E-state index contributed by atoms with van der Waals surface area (Å²) in [7, 11) is 0. The van der Waals surface area contributed by atoms with Crippen LogP contribution in [0.2, 0.25) is 0 Å². The van der Waals surface area contributed by atoms with E-state index < -0.39 is 0 Å². The molecule has 0 bridgehead atoms. The van der Waals surface area contributed by atoms with E-state index in [2.05, 4.69) is 15.3 Å². The number of aromatic amines is 1. The second kappa shape index (κ2) is 5.09. The zero-order valence-corrected chi connectivity index (χ0v) is 10.9. The van der Waals surface area contributed by atoms with Crippen LogP contribution in [0.3, 0.4) is 0 Å². The van der Waals surface area contributed by atoms with Gasteiger partial charge in [-0.05, 0) is 31.0 Å². The maximum Gasteiger partial charge on any atom is 0.201 e. The van der Waals surface area contributed by atoms with Crippen molar-refractivity contribution >= 4 is 22.7 Å². The Kier molecular flexibility index (Phi) is 3.29. The Morgan fingerprint density at radius 3 is 3.05 bits per heavy atom. The number of anilines is 2. The highest BCUT2D eigenvalue weighted by molar-refractivity contribution is 5.80. The second-order valence-corrected chi connectivity index (χ2v) is 5.34. The standard InChI is InChI=1S/C14H20N4O/c15-10-5-6-12-13(7-10)18-14(17-12)16-11-4-2-1-3-9(11)8-19/h5-7,9,11,19H,1-4,8,15H2,(H2,16,17,18). The van der Waals surface area contributed by atoms with Crippen molar-refractivity contribution in [3.8, 4) is 0 Å². The Morgan fingerprint density at radius 2 is 2.21 bits per heavy atom. The van der Waals surface area contributed by atoms with Crippen LogP contribution in [0, 0.1) is 5.92 Å². The number of nitrogens with zero attached hydrogens (tertiary/aromatic N) is 1. The van der Waals surface area contributed by atoms with E-state index in [1.807, 2.05) is 18.2 Å². The number of aliphatic hydroxyl groups is 1. The summed E-state index contributed by atoms with van der Waals surface area (Å²) in [5, 5.41) is 12.9. The highest BCUT2D eigenvalue weighted by Gasteiger charge is 2.24. The van der Waals surface area contributed by atoms with Gasteiger partial charge >= 0.3 is 0 Å². The van der Waals surface area contributed by atoms with Crippen LogP contribution in [0.4, 0.5) is 11.6 Å². The number of hydrogen-bond acceptors (Lipinski definition) is 4. The van der Waals surface area contributed by atoms with Crippen molar-refractivity contribution in [2.45, 2.75) is 31.7 Å². The molecular formula is C14H20N4O. The first-order valence-electron chi connectivity index (χ1n) is 6.89. The van der Waals surface area contributed by atoms with Gasteiger partial charge in [-0.1, -0.05) is 12.8 Å². The fraction of sp³-hybridized carbons (Fsp3) is 0.500. The molecule has 102 valence electrons. The van der Waals surface area contributed by atoms with Crippen molar-refractivity contribution in [3.05, 3.63) is 18.2 Å². The van der Waals surface area contributed by atoms with E-state index in [4.69, 9.17) is 5.73 Å². The molecule has 0 radical (unpaired) electrons. The molecule has 0 saturated heterocycles. The molecule has 1 saturated carbocycles. The van der Waals surface area contributed by atoms with E-state index in [-0.39, 0.29) is 6.61 Å². The summed E-state index contributed by atoms with van der Waals surface area (Å²) in [4.78, 5) is 7.76. The fourth-order valence-electron chi connectivity index (χ4n) is 2.89. The molecule has 0 aliphatic heterocycles. The lowest BCUT2D eigenvalue weighted by atomic mass is 9.85. The zero-order chi connectivity index (χ0) is 13.2. The van der Waals surface area contributed by atoms with Gasteiger partial charge in [0.25, 0.3) is 0 Å². The zero-order valence-electron chi connectivity index (χ0n) is 10.9. The molecule has 19 heavy (non-hydrogen) atoms. The van der Waals surface area contributed by atoms with Crippen molar-refractivity contribution < 1.29 is 5.11 Å². The predicted octanol–water partition coefficient (Wildman–Crippen LogP) is 2.11. The number of H-pyrrole nitrogens is 1. The summed E-state index contributed by atoms with van der Waals surface area (Å²) >= 11 is 0. The number of hydrogen-bond donors (Lipinski definition) is 4. The lowest BCUT2D eigenvalue weighted by Crippen LogP contribution is -2.34. The highest BCUT2D eigenvalue weighted by atomic mass is 16.3. The van der Waals surface area contributed by atoms with E-state index in [1.54, 1.807) is 0 Å². The van der Waals surface area contributed by atoms with E-state index >= 15 is 0 Å². The first-order valence-corrected chi connectivity index (χ1v) is 6.89.